The molecule has 0 fully saturated rings. The molecule has 0 aromatic rings. The summed E-state index contributed by atoms with van der Waals surface area (Å²) in [5.41, 5.74) is 5.35. The van der Waals surface area contributed by atoms with E-state index in [1.165, 1.54) is 148 Å². The lowest BCUT2D eigenvalue weighted by Crippen LogP contribution is -2.29. The van der Waals surface area contributed by atoms with Crippen LogP contribution in [0.5, 0.6) is 0 Å². The summed E-state index contributed by atoms with van der Waals surface area (Å²) in [5.74, 6) is -0.825. The van der Waals surface area contributed by atoms with Crippen LogP contribution in [0.3, 0.4) is 0 Å². The van der Waals surface area contributed by atoms with Gasteiger partial charge in [0.1, 0.15) is 6.61 Å². The number of esters is 2. The van der Waals surface area contributed by atoms with Crippen LogP contribution in [-0.2, 0) is 32.7 Å². The first-order chi connectivity index (χ1) is 26.8. The van der Waals surface area contributed by atoms with E-state index in [9.17, 15) is 19.0 Å². The first kappa shape index (κ1) is 53.8. The Kier molecular flexibility index (Phi) is 41.4. The monoisotopic (exact) mass is 802 g/mol. The summed E-state index contributed by atoms with van der Waals surface area (Å²) >= 11 is 0. The Bertz CT molecular complexity index is 917. The molecule has 10 heteroatoms. The van der Waals surface area contributed by atoms with E-state index < -0.39 is 26.5 Å². The molecule has 0 aromatic heterocycles. The highest BCUT2D eigenvalue weighted by molar-refractivity contribution is 7.47. The lowest BCUT2D eigenvalue weighted by Gasteiger charge is -2.19. The predicted molar refractivity (Wildman–Crippen MR) is 229 cm³/mol. The average Bonchev–Trinajstić information content (AvgIpc) is 3.17. The first-order valence-corrected chi connectivity index (χ1v) is 24.7. The molecule has 0 amide bonds. The number of allylic oxidation sites excluding steroid dienone is 2. The van der Waals surface area contributed by atoms with E-state index in [0.717, 1.165) is 51.4 Å². The predicted octanol–water partition coefficient (Wildman–Crippen LogP) is 13.4. The molecule has 0 spiro atoms. The van der Waals surface area contributed by atoms with Crippen molar-refractivity contribution in [2.45, 2.75) is 238 Å². The molecule has 3 N–H and O–H groups in total. The molecular weight excluding hydrogens is 713 g/mol. The summed E-state index contributed by atoms with van der Waals surface area (Å²) in [4.78, 5) is 34.9. The number of carbonyl (C=O) groups is 2. The first-order valence-electron chi connectivity index (χ1n) is 23.2. The second-order valence-electron chi connectivity index (χ2n) is 15.6. The summed E-state index contributed by atoms with van der Waals surface area (Å²) < 4.78 is 32.8. The fourth-order valence-electron chi connectivity index (χ4n) is 6.69. The van der Waals surface area contributed by atoms with Gasteiger partial charge in [0.05, 0.1) is 13.2 Å². The average molecular weight is 802 g/mol. The standard InChI is InChI=1S/C45H88NO8P/c1-3-5-7-9-11-13-15-17-19-20-21-22-24-26-28-30-32-34-36-38-45(48)54-43(42-53-55(49,50)52-40-39-46)41-51-44(47)37-35-33-31-29-27-25-23-18-16-14-12-10-8-6-4-2/h18,23,43H,3-17,19-22,24-42,46H2,1-2H3,(H,49,50)/b23-18-/t43-/m1/s1. The van der Waals surface area contributed by atoms with Crippen LogP contribution in [0, 0.1) is 0 Å². The Balaban J connectivity index is 4.08. The zero-order valence-electron chi connectivity index (χ0n) is 35.9. The summed E-state index contributed by atoms with van der Waals surface area (Å²) in [6.07, 6.45) is 43.8. The SMILES string of the molecule is CCCCCCCC/C=C\CCCCCCCC(=O)OC[C@H](COP(=O)(O)OCCN)OC(=O)CCCCCCCCCCCCCCCCCCCCC. The Morgan fingerprint density at radius 2 is 0.891 bits per heavy atom. The van der Waals surface area contributed by atoms with Crippen molar-refractivity contribution in [3.05, 3.63) is 12.2 Å². The van der Waals surface area contributed by atoms with Crippen molar-refractivity contribution in [1.29, 1.82) is 0 Å². The second kappa shape index (κ2) is 42.4. The van der Waals surface area contributed by atoms with E-state index in [2.05, 4.69) is 26.0 Å². The van der Waals surface area contributed by atoms with Gasteiger partial charge in [0, 0.05) is 19.4 Å². The van der Waals surface area contributed by atoms with Gasteiger partial charge in [0.25, 0.3) is 0 Å². The minimum atomic E-state index is -4.37. The quantitative estimate of drug-likeness (QED) is 0.0267. The normalized spacial score (nSPS) is 13.3. The van der Waals surface area contributed by atoms with Gasteiger partial charge in [-0.15, -0.1) is 0 Å². The largest absolute Gasteiger partial charge is 0.472 e. The van der Waals surface area contributed by atoms with E-state index in [4.69, 9.17) is 24.3 Å². The molecule has 326 valence electrons. The molecule has 0 aromatic carbocycles. The number of ether oxygens (including phenoxy) is 2. The summed E-state index contributed by atoms with van der Waals surface area (Å²) in [6, 6.07) is 0. The van der Waals surface area contributed by atoms with Crippen molar-refractivity contribution >= 4 is 19.8 Å². The number of hydrogen-bond donors (Lipinski definition) is 2. The van der Waals surface area contributed by atoms with Gasteiger partial charge in [-0.2, -0.15) is 0 Å². The van der Waals surface area contributed by atoms with E-state index in [1.807, 2.05) is 0 Å². The van der Waals surface area contributed by atoms with E-state index in [0.29, 0.717) is 6.42 Å². The third-order valence-electron chi connectivity index (χ3n) is 10.2. The highest BCUT2D eigenvalue weighted by atomic mass is 31.2. The van der Waals surface area contributed by atoms with Gasteiger partial charge in [-0.25, -0.2) is 4.57 Å². The summed E-state index contributed by atoms with van der Waals surface area (Å²) in [6.45, 7) is 3.76. The molecule has 0 saturated carbocycles. The third kappa shape index (κ3) is 42.2. The van der Waals surface area contributed by atoms with Gasteiger partial charge >= 0.3 is 19.8 Å². The van der Waals surface area contributed by atoms with Crippen LogP contribution in [0.25, 0.3) is 0 Å². The van der Waals surface area contributed by atoms with E-state index in [-0.39, 0.29) is 38.6 Å². The van der Waals surface area contributed by atoms with Crippen LogP contribution >= 0.6 is 7.82 Å². The van der Waals surface area contributed by atoms with Gasteiger partial charge in [0.2, 0.25) is 0 Å². The van der Waals surface area contributed by atoms with Gasteiger partial charge in [0.15, 0.2) is 6.10 Å². The van der Waals surface area contributed by atoms with Crippen LogP contribution in [0.15, 0.2) is 12.2 Å². The Hall–Kier alpha value is -1.25. The van der Waals surface area contributed by atoms with Crippen LogP contribution in [0.4, 0.5) is 0 Å². The number of carbonyl (C=O) groups excluding carboxylic acids is 2. The zero-order chi connectivity index (χ0) is 40.3. The second-order valence-corrected chi connectivity index (χ2v) is 17.1. The molecule has 0 aliphatic carbocycles. The van der Waals surface area contributed by atoms with Crippen LogP contribution in [0.2, 0.25) is 0 Å². The van der Waals surface area contributed by atoms with Crippen molar-refractivity contribution in [3.8, 4) is 0 Å². The smallest absolute Gasteiger partial charge is 0.462 e. The van der Waals surface area contributed by atoms with Crippen molar-refractivity contribution < 1.29 is 37.6 Å². The fraction of sp³-hybridized carbons (Fsp3) is 0.911. The van der Waals surface area contributed by atoms with Gasteiger partial charge in [-0.1, -0.05) is 193 Å². The van der Waals surface area contributed by atoms with Crippen LogP contribution in [-0.4, -0.2) is 49.3 Å². The highest BCUT2D eigenvalue weighted by Gasteiger charge is 2.26. The molecule has 2 atom stereocenters. The third-order valence-corrected chi connectivity index (χ3v) is 11.1. The van der Waals surface area contributed by atoms with E-state index in [1.54, 1.807) is 0 Å². The maximum Gasteiger partial charge on any atom is 0.472 e. The maximum absolute atomic E-state index is 12.6. The minimum Gasteiger partial charge on any atom is -0.462 e. The zero-order valence-corrected chi connectivity index (χ0v) is 36.8. The van der Waals surface area contributed by atoms with E-state index >= 15 is 0 Å². The molecule has 9 nitrogen and oxygen atoms in total. The fourth-order valence-corrected chi connectivity index (χ4v) is 7.45. The number of unbranched alkanes of at least 4 members (excludes halogenated alkanes) is 29. The maximum atomic E-state index is 12.6. The Morgan fingerprint density at radius 3 is 1.29 bits per heavy atom. The Morgan fingerprint density at radius 1 is 0.527 bits per heavy atom. The van der Waals surface area contributed by atoms with Crippen molar-refractivity contribution in [2.75, 3.05) is 26.4 Å². The highest BCUT2D eigenvalue weighted by Crippen LogP contribution is 2.43. The molecule has 0 rings (SSSR count). The molecule has 0 bridgehead atoms. The van der Waals surface area contributed by atoms with Crippen molar-refractivity contribution in [2.24, 2.45) is 5.73 Å². The van der Waals surface area contributed by atoms with Crippen molar-refractivity contribution in [1.82, 2.24) is 0 Å². The molecule has 55 heavy (non-hydrogen) atoms. The number of hydrogen-bond acceptors (Lipinski definition) is 8. The molecular formula is C45H88NO8P. The number of phosphoric acid groups is 1. The molecule has 0 aliphatic rings. The van der Waals surface area contributed by atoms with Gasteiger partial charge in [-0.05, 0) is 38.5 Å². The molecule has 0 radical (unpaired) electrons. The van der Waals surface area contributed by atoms with Gasteiger partial charge < -0.3 is 20.1 Å². The lowest BCUT2D eigenvalue weighted by molar-refractivity contribution is -0.161. The summed E-state index contributed by atoms with van der Waals surface area (Å²) in [5, 5.41) is 0. The number of nitrogens with two attached hydrogens (primary N) is 1. The van der Waals surface area contributed by atoms with Crippen LogP contribution in [0.1, 0.15) is 232 Å². The Labute approximate surface area is 339 Å². The minimum absolute atomic E-state index is 0.0553. The molecule has 0 saturated heterocycles. The van der Waals surface area contributed by atoms with Gasteiger partial charge in [-0.3, -0.25) is 18.6 Å². The van der Waals surface area contributed by atoms with Crippen LogP contribution < -0.4 is 5.73 Å². The summed E-state index contributed by atoms with van der Waals surface area (Å²) in [7, 11) is -4.37. The lowest BCUT2D eigenvalue weighted by atomic mass is 10.0. The molecule has 0 heterocycles. The molecule has 1 unspecified atom stereocenters. The topological polar surface area (TPSA) is 134 Å². The number of rotatable bonds is 44. The molecule has 0 aliphatic heterocycles. The van der Waals surface area contributed by atoms with Crippen molar-refractivity contribution in [3.63, 3.8) is 0 Å². The number of phosphoric ester groups is 1.